The molecule has 6 nitrogen and oxygen atoms in total. The minimum Gasteiger partial charge on any atom is -0.459 e. The third kappa shape index (κ3) is 5.76. The lowest BCUT2D eigenvalue weighted by Gasteiger charge is -2.17. The van der Waals surface area contributed by atoms with Gasteiger partial charge in [-0.05, 0) is 42.7 Å². The average Bonchev–Trinajstić information content (AvgIpc) is 3.33. The highest BCUT2D eigenvalue weighted by molar-refractivity contribution is 14.0. The molecule has 1 aromatic heterocycles. The van der Waals surface area contributed by atoms with Gasteiger partial charge in [-0.15, -0.1) is 24.0 Å². The third-order valence-corrected chi connectivity index (χ3v) is 4.34. The number of guanidine groups is 1. The predicted octanol–water partition coefficient (Wildman–Crippen LogP) is 3.76. The molecule has 1 aromatic carbocycles. The van der Waals surface area contributed by atoms with Gasteiger partial charge in [0, 0.05) is 25.3 Å². The third-order valence-electron chi connectivity index (χ3n) is 4.34. The summed E-state index contributed by atoms with van der Waals surface area (Å²) in [6.45, 7) is 0.679. The molecule has 1 amide bonds. The molecule has 1 saturated carbocycles. The summed E-state index contributed by atoms with van der Waals surface area (Å²) < 4.78 is 5.08. The van der Waals surface area contributed by atoms with Crippen LogP contribution in [0.25, 0.3) is 0 Å². The second-order valence-corrected chi connectivity index (χ2v) is 6.18. The van der Waals surface area contributed by atoms with Crippen molar-refractivity contribution in [3.05, 3.63) is 54.0 Å². The van der Waals surface area contributed by atoms with Crippen LogP contribution < -0.4 is 16.0 Å². The molecule has 1 fully saturated rings. The number of furan rings is 1. The van der Waals surface area contributed by atoms with Crippen molar-refractivity contribution < 1.29 is 9.21 Å². The van der Waals surface area contributed by atoms with E-state index in [0.29, 0.717) is 18.3 Å². The number of carbonyl (C=O) groups is 1. The van der Waals surface area contributed by atoms with E-state index in [1.807, 2.05) is 24.3 Å². The molecule has 2 aromatic rings. The normalized spacial score (nSPS) is 14.6. The molecule has 3 rings (SSSR count). The zero-order valence-electron chi connectivity index (χ0n) is 14.8. The molecule has 7 heteroatoms. The van der Waals surface area contributed by atoms with E-state index >= 15 is 0 Å². The van der Waals surface area contributed by atoms with Crippen molar-refractivity contribution in [2.45, 2.75) is 38.3 Å². The van der Waals surface area contributed by atoms with Gasteiger partial charge in [0.1, 0.15) is 0 Å². The van der Waals surface area contributed by atoms with E-state index in [-0.39, 0.29) is 29.9 Å². The molecule has 1 aliphatic carbocycles. The van der Waals surface area contributed by atoms with E-state index in [1.54, 1.807) is 19.2 Å². The number of benzene rings is 1. The van der Waals surface area contributed by atoms with Crippen LogP contribution in [0.4, 0.5) is 5.69 Å². The van der Waals surface area contributed by atoms with Crippen LogP contribution in [0.15, 0.2) is 52.1 Å². The first-order chi connectivity index (χ1) is 12.2. The molecule has 0 spiro atoms. The first kappa shape index (κ1) is 20.3. The van der Waals surface area contributed by atoms with Gasteiger partial charge < -0.3 is 20.4 Å². The molecule has 0 atom stereocenters. The molecule has 1 aliphatic rings. The summed E-state index contributed by atoms with van der Waals surface area (Å²) in [4.78, 5) is 16.2. The van der Waals surface area contributed by atoms with E-state index in [1.165, 1.54) is 31.9 Å². The summed E-state index contributed by atoms with van der Waals surface area (Å²) in [5.41, 5.74) is 1.85. The van der Waals surface area contributed by atoms with Gasteiger partial charge in [-0.1, -0.05) is 25.0 Å². The lowest BCUT2D eigenvalue weighted by molar-refractivity contribution is 0.0996. The number of nitrogens with one attached hydrogen (secondary N) is 3. The molecular weight excluding hydrogens is 443 g/mol. The van der Waals surface area contributed by atoms with Crippen LogP contribution in [0.2, 0.25) is 0 Å². The zero-order valence-corrected chi connectivity index (χ0v) is 17.2. The highest BCUT2D eigenvalue weighted by Crippen LogP contribution is 2.17. The number of aliphatic imine (C=N–C) groups is 1. The fraction of sp³-hybridized carbons (Fsp3) is 0.368. The summed E-state index contributed by atoms with van der Waals surface area (Å²) >= 11 is 0. The summed E-state index contributed by atoms with van der Waals surface area (Å²) in [5.74, 6) is 0.881. The van der Waals surface area contributed by atoms with Gasteiger partial charge in [0.05, 0.1) is 6.26 Å². The molecule has 0 bridgehead atoms. The Labute approximate surface area is 170 Å². The van der Waals surface area contributed by atoms with Gasteiger partial charge in [0.25, 0.3) is 5.91 Å². The van der Waals surface area contributed by atoms with Gasteiger partial charge in [-0.3, -0.25) is 9.79 Å². The van der Waals surface area contributed by atoms with E-state index < -0.39 is 0 Å². The molecule has 0 unspecified atom stereocenters. The minimum absolute atomic E-state index is 0. The van der Waals surface area contributed by atoms with Crippen LogP contribution in [-0.4, -0.2) is 25.0 Å². The van der Waals surface area contributed by atoms with Crippen molar-refractivity contribution >= 4 is 41.5 Å². The maximum atomic E-state index is 11.9. The van der Waals surface area contributed by atoms with Gasteiger partial charge >= 0.3 is 0 Å². The van der Waals surface area contributed by atoms with Crippen molar-refractivity contribution in [2.75, 3.05) is 12.4 Å². The number of hydrogen-bond donors (Lipinski definition) is 3. The summed E-state index contributed by atoms with van der Waals surface area (Å²) in [5, 5.41) is 9.60. The van der Waals surface area contributed by atoms with Gasteiger partial charge in [-0.25, -0.2) is 0 Å². The van der Waals surface area contributed by atoms with Crippen molar-refractivity contribution in [1.82, 2.24) is 10.6 Å². The Morgan fingerprint density at radius 1 is 1.19 bits per heavy atom. The fourth-order valence-corrected chi connectivity index (χ4v) is 2.95. The Bertz CT molecular complexity index is 708. The minimum atomic E-state index is -0.253. The number of anilines is 1. The van der Waals surface area contributed by atoms with Crippen LogP contribution in [-0.2, 0) is 6.54 Å². The first-order valence-electron chi connectivity index (χ1n) is 8.65. The van der Waals surface area contributed by atoms with Crippen molar-refractivity contribution in [1.29, 1.82) is 0 Å². The van der Waals surface area contributed by atoms with Crippen LogP contribution >= 0.6 is 24.0 Å². The van der Waals surface area contributed by atoms with Crippen LogP contribution in [0, 0.1) is 0 Å². The molecule has 3 N–H and O–H groups in total. The number of carbonyl (C=O) groups excluding carboxylic acids is 1. The molecular formula is C19H25IN4O2. The predicted molar refractivity (Wildman–Crippen MR) is 114 cm³/mol. The van der Waals surface area contributed by atoms with E-state index in [9.17, 15) is 4.79 Å². The van der Waals surface area contributed by atoms with Crippen molar-refractivity contribution in [3.8, 4) is 0 Å². The largest absolute Gasteiger partial charge is 0.459 e. The second kappa shape index (κ2) is 10.2. The topological polar surface area (TPSA) is 78.7 Å². The van der Waals surface area contributed by atoms with E-state index in [0.717, 1.165) is 17.2 Å². The maximum absolute atomic E-state index is 11.9. The zero-order chi connectivity index (χ0) is 17.5. The number of hydrogen-bond acceptors (Lipinski definition) is 3. The smallest absolute Gasteiger partial charge is 0.291 e. The Morgan fingerprint density at radius 3 is 2.54 bits per heavy atom. The summed E-state index contributed by atoms with van der Waals surface area (Å²) in [6, 6.07) is 11.6. The summed E-state index contributed by atoms with van der Waals surface area (Å²) in [7, 11) is 1.79. The summed E-state index contributed by atoms with van der Waals surface area (Å²) in [6.07, 6.45) is 6.49. The van der Waals surface area contributed by atoms with Gasteiger partial charge in [-0.2, -0.15) is 0 Å². The quantitative estimate of drug-likeness (QED) is 0.355. The van der Waals surface area contributed by atoms with Gasteiger partial charge in [0.15, 0.2) is 11.7 Å². The Kier molecular flexibility index (Phi) is 7.96. The molecule has 1 heterocycles. The molecule has 0 radical (unpaired) electrons. The number of halogens is 1. The number of amides is 1. The molecule has 0 saturated heterocycles. The lowest BCUT2D eigenvalue weighted by atomic mass is 10.2. The highest BCUT2D eigenvalue weighted by Gasteiger charge is 2.15. The molecule has 26 heavy (non-hydrogen) atoms. The van der Waals surface area contributed by atoms with Crippen LogP contribution in [0.1, 0.15) is 41.8 Å². The lowest BCUT2D eigenvalue weighted by Crippen LogP contribution is -2.41. The standard InChI is InChI=1S/C19H24N4O2.HI/c1-20-19(23-15-5-2-3-6-15)21-13-14-8-10-16(11-9-14)22-18(24)17-7-4-12-25-17;/h4,7-12,15H,2-3,5-6,13H2,1H3,(H,22,24)(H2,20,21,23);1H. The SMILES string of the molecule is CN=C(NCc1ccc(NC(=O)c2ccco2)cc1)NC1CCCC1.I. The van der Waals surface area contributed by atoms with Crippen molar-refractivity contribution in [2.24, 2.45) is 4.99 Å². The highest BCUT2D eigenvalue weighted by atomic mass is 127. The Hall–Kier alpha value is -2.03. The molecule has 140 valence electrons. The molecule has 0 aliphatic heterocycles. The fourth-order valence-electron chi connectivity index (χ4n) is 2.95. The van der Waals surface area contributed by atoms with Crippen molar-refractivity contribution in [3.63, 3.8) is 0 Å². The van der Waals surface area contributed by atoms with E-state index in [2.05, 4.69) is 20.9 Å². The number of rotatable bonds is 5. The van der Waals surface area contributed by atoms with Crippen LogP contribution in [0.5, 0.6) is 0 Å². The second-order valence-electron chi connectivity index (χ2n) is 6.18. The van der Waals surface area contributed by atoms with Gasteiger partial charge in [0.2, 0.25) is 0 Å². The first-order valence-corrected chi connectivity index (χ1v) is 8.65. The average molecular weight is 468 g/mol. The monoisotopic (exact) mass is 468 g/mol. The van der Waals surface area contributed by atoms with Crippen LogP contribution in [0.3, 0.4) is 0 Å². The maximum Gasteiger partial charge on any atom is 0.291 e. The van der Waals surface area contributed by atoms with E-state index in [4.69, 9.17) is 4.42 Å². The number of nitrogens with zero attached hydrogens (tertiary/aromatic N) is 1. The Balaban J connectivity index is 0.00000243. The Morgan fingerprint density at radius 2 is 1.92 bits per heavy atom.